The normalized spacial score (nSPS) is 11.2. The number of nitrogens with zero attached hydrogens (tertiary/aromatic N) is 3. The van der Waals surface area contributed by atoms with E-state index in [9.17, 15) is 4.79 Å². The van der Waals surface area contributed by atoms with Gasteiger partial charge in [-0.05, 0) is 38.1 Å². The summed E-state index contributed by atoms with van der Waals surface area (Å²) in [6, 6.07) is 3.76. The molecule has 0 aliphatic rings. The topological polar surface area (TPSA) is 36.4 Å². The second kappa shape index (κ2) is 8.78. The van der Waals surface area contributed by atoms with E-state index in [1.54, 1.807) is 6.20 Å². The summed E-state index contributed by atoms with van der Waals surface area (Å²) in [5.74, 6) is 0.549. The first-order chi connectivity index (χ1) is 9.97. The molecule has 1 heterocycles. The van der Waals surface area contributed by atoms with Crippen molar-refractivity contribution in [2.45, 2.75) is 34.6 Å². The first-order valence-electron chi connectivity index (χ1n) is 7.92. The van der Waals surface area contributed by atoms with Gasteiger partial charge in [-0.2, -0.15) is 0 Å². The Morgan fingerprint density at radius 3 is 2.33 bits per heavy atom. The van der Waals surface area contributed by atoms with Gasteiger partial charge in [0.15, 0.2) is 0 Å². The Balaban J connectivity index is 2.76. The fraction of sp³-hybridized carbons (Fsp3) is 0.647. The lowest BCUT2D eigenvalue weighted by molar-refractivity contribution is 0.0716. The highest BCUT2D eigenvalue weighted by Gasteiger charge is 2.17. The molecule has 0 aliphatic heterocycles. The zero-order valence-electron chi connectivity index (χ0n) is 14.1. The van der Waals surface area contributed by atoms with Gasteiger partial charge in [0.25, 0.3) is 5.91 Å². The Morgan fingerprint density at radius 2 is 1.86 bits per heavy atom. The fourth-order valence-corrected chi connectivity index (χ4v) is 2.30. The molecular weight excluding hydrogens is 262 g/mol. The molecule has 0 saturated carbocycles. The Hall–Kier alpha value is -1.42. The molecule has 0 aliphatic carbocycles. The van der Waals surface area contributed by atoms with E-state index in [-0.39, 0.29) is 5.91 Å². The quantitative estimate of drug-likeness (QED) is 0.739. The lowest BCUT2D eigenvalue weighted by atomic mass is 10.1. The highest BCUT2D eigenvalue weighted by Crippen LogP contribution is 2.08. The number of aromatic nitrogens is 1. The van der Waals surface area contributed by atoms with Crippen molar-refractivity contribution in [3.8, 4) is 0 Å². The molecule has 1 amide bonds. The molecule has 0 N–H and O–H groups in total. The molecule has 1 rings (SSSR count). The van der Waals surface area contributed by atoms with Crippen LogP contribution in [0.2, 0.25) is 0 Å². The molecule has 4 nitrogen and oxygen atoms in total. The molecule has 0 spiro atoms. The Morgan fingerprint density at radius 1 is 1.19 bits per heavy atom. The fourth-order valence-electron chi connectivity index (χ4n) is 2.30. The van der Waals surface area contributed by atoms with Crippen molar-refractivity contribution in [3.63, 3.8) is 0 Å². The standard InChI is InChI=1S/C17H29N3O/c1-6-19(7-2)10-11-20(13-14(3)4)17(21)16-9-8-15(5)18-12-16/h8-9,12,14H,6-7,10-11,13H2,1-5H3. The van der Waals surface area contributed by atoms with Crippen LogP contribution in [0.15, 0.2) is 18.3 Å². The molecule has 0 atom stereocenters. The third kappa shape index (κ3) is 5.84. The largest absolute Gasteiger partial charge is 0.337 e. The van der Waals surface area contributed by atoms with Crippen molar-refractivity contribution < 1.29 is 4.79 Å². The summed E-state index contributed by atoms with van der Waals surface area (Å²) in [7, 11) is 0. The maximum Gasteiger partial charge on any atom is 0.255 e. The molecule has 0 aromatic carbocycles. The van der Waals surface area contributed by atoms with Gasteiger partial charge < -0.3 is 9.80 Å². The second-order valence-corrected chi connectivity index (χ2v) is 5.86. The molecule has 1 aromatic rings. The van der Waals surface area contributed by atoms with Gasteiger partial charge >= 0.3 is 0 Å². The van der Waals surface area contributed by atoms with Gasteiger partial charge in [-0.3, -0.25) is 9.78 Å². The monoisotopic (exact) mass is 291 g/mol. The van der Waals surface area contributed by atoms with Crippen LogP contribution < -0.4 is 0 Å². The van der Waals surface area contributed by atoms with E-state index in [1.807, 2.05) is 24.0 Å². The number of aryl methyl sites for hydroxylation is 1. The summed E-state index contributed by atoms with van der Waals surface area (Å²) in [5.41, 5.74) is 1.62. The molecule has 1 aromatic heterocycles. The number of likely N-dealkylation sites (N-methyl/N-ethyl adjacent to an activating group) is 1. The van der Waals surface area contributed by atoms with Gasteiger partial charge in [0.2, 0.25) is 0 Å². The minimum Gasteiger partial charge on any atom is -0.337 e. The van der Waals surface area contributed by atoms with E-state index < -0.39 is 0 Å². The average Bonchev–Trinajstić information content (AvgIpc) is 2.46. The number of hydrogen-bond acceptors (Lipinski definition) is 3. The number of carbonyl (C=O) groups excluding carboxylic acids is 1. The number of carbonyl (C=O) groups is 1. The van der Waals surface area contributed by atoms with Crippen molar-refractivity contribution >= 4 is 5.91 Å². The van der Waals surface area contributed by atoms with Crippen LogP contribution >= 0.6 is 0 Å². The van der Waals surface area contributed by atoms with Crippen LogP contribution in [0.5, 0.6) is 0 Å². The molecule has 21 heavy (non-hydrogen) atoms. The van der Waals surface area contributed by atoms with E-state index in [0.717, 1.165) is 38.4 Å². The van der Waals surface area contributed by atoms with Crippen LogP contribution in [-0.2, 0) is 0 Å². The number of amides is 1. The second-order valence-electron chi connectivity index (χ2n) is 5.86. The average molecular weight is 291 g/mol. The minimum absolute atomic E-state index is 0.0864. The smallest absolute Gasteiger partial charge is 0.255 e. The van der Waals surface area contributed by atoms with Crippen LogP contribution in [0.4, 0.5) is 0 Å². The van der Waals surface area contributed by atoms with Crippen LogP contribution in [0.25, 0.3) is 0 Å². The van der Waals surface area contributed by atoms with Crippen LogP contribution in [0.3, 0.4) is 0 Å². The Bertz CT molecular complexity index is 424. The summed E-state index contributed by atoms with van der Waals surface area (Å²) in [6.07, 6.45) is 1.68. The predicted octanol–water partition coefficient (Wildman–Crippen LogP) is 2.83. The molecule has 0 radical (unpaired) electrons. The SMILES string of the molecule is CCN(CC)CCN(CC(C)C)C(=O)c1ccc(C)nc1. The van der Waals surface area contributed by atoms with Crippen molar-refractivity contribution in [1.82, 2.24) is 14.8 Å². The lowest BCUT2D eigenvalue weighted by Crippen LogP contribution is -2.40. The lowest BCUT2D eigenvalue weighted by Gasteiger charge is -2.28. The van der Waals surface area contributed by atoms with Crippen LogP contribution in [0.1, 0.15) is 43.7 Å². The maximum absolute atomic E-state index is 12.6. The van der Waals surface area contributed by atoms with Gasteiger partial charge in [-0.25, -0.2) is 0 Å². The predicted molar refractivity (Wildman–Crippen MR) is 87.5 cm³/mol. The molecular formula is C17H29N3O. The van der Waals surface area contributed by atoms with Gasteiger partial charge in [0.1, 0.15) is 0 Å². The first-order valence-corrected chi connectivity index (χ1v) is 7.92. The van der Waals surface area contributed by atoms with E-state index >= 15 is 0 Å². The molecule has 4 heteroatoms. The highest BCUT2D eigenvalue weighted by molar-refractivity contribution is 5.93. The summed E-state index contributed by atoms with van der Waals surface area (Å²) in [5, 5.41) is 0. The van der Waals surface area contributed by atoms with E-state index in [1.165, 1.54) is 0 Å². The zero-order chi connectivity index (χ0) is 15.8. The first kappa shape index (κ1) is 17.6. The summed E-state index contributed by atoms with van der Waals surface area (Å²) < 4.78 is 0. The zero-order valence-corrected chi connectivity index (χ0v) is 14.1. The molecule has 118 valence electrons. The van der Waals surface area contributed by atoms with E-state index in [4.69, 9.17) is 0 Å². The van der Waals surface area contributed by atoms with Crippen molar-refractivity contribution in [3.05, 3.63) is 29.6 Å². The van der Waals surface area contributed by atoms with Crippen molar-refractivity contribution in [2.24, 2.45) is 5.92 Å². The maximum atomic E-state index is 12.6. The Kier molecular flexibility index (Phi) is 7.37. The van der Waals surface area contributed by atoms with Gasteiger partial charge in [-0.1, -0.05) is 27.7 Å². The summed E-state index contributed by atoms with van der Waals surface area (Å²) in [6.45, 7) is 15.0. The molecule has 0 fully saturated rings. The van der Waals surface area contributed by atoms with Crippen LogP contribution in [0, 0.1) is 12.8 Å². The highest BCUT2D eigenvalue weighted by atomic mass is 16.2. The number of pyridine rings is 1. The third-order valence-electron chi connectivity index (χ3n) is 3.61. The third-order valence-corrected chi connectivity index (χ3v) is 3.61. The van der Waals surface area contributed by atoms with E-state index in [0.29, 0.717) is 11.5 Å². The minimum atomic E-state index is 0.0864. The van der Waals surface area contributed by atoms with Crippen LogP contribution in [-0.4, -0.2) is 53.4 Å². The molecule has 0 bridgehead atoms. The number of hydrogen-bond donors (Lipinski definition) is 0. The van der Waals surface area contributed by atoms with E-state index in [2.05, 4.69) is 37.6 Å². The van der Waals surface area contributed by atoms with Gasteiger partial charge in [0.05, 0.1) is 5.56 Å². The molecule has 0 unspecified atom stereocenters. The number of rotatable bonds is 8. The molecule has 0 saturated heterocycles. The van der Waals surface area contributed by atoms with Gasteiger partial charge in [-0.15, -0.1) is 0 Å². The van der Waals surface area contributed by atoms with Crippen molar-refractivity contribution in [2.75, 3.05) is 32.7 Å². The van der Waals surface area contributed by atoms with Gasteiger partial charge in [0, 0.05) is 31.5 Å². The summed E-state index contributed by atoms with van der Waals surface area (Å²) >= 11 is 0. The van der Waals surface area contributed by atoms with Crippen molar-refractivity contribution in [1.29, 1.82) is 0 Å². The Labute approximate surface area is 129 Å². The summed E-state index contributed by atoms with van der Waals surface area (Å²) in [4.78, 5) is 21.2.